The highest BCUT2D eigenvalue weighted by atomic mass is 32.2. The molecule has 1 aromatic heterocycles. The summed E-state index contributed by atoms with van der Waals surface area (Å²) in [6.07, 6.45) is 0. The third-order valence-corrected chi connectivity index (χ3v) is 6.27. The maximum absolute atomic E-state index is 12.9. The van der Waals surface area contributed by atoms with Crippen LogP contribution in [-0.2, 0) is 11.3 Å². The van der Waals surface area contributed by atoms with Crippen molar-refractivity contribution < 1.29 is 9.18 Å². The minimum absolute atomic E-state index is 0.0996. The molecule has 1 fully saturated rings. The Morgan fingerprint density at radius 2 is 1.75 bits per heavy atom. The molecule has 1 amide bonds. The number of nitrogens with zero attached hydrogens (tertiary/aromatic N) is 4. The van der Waals surface area contributed by atoms with E-state index in [4.69, 9.17) is 0 Å². The first-order valence-electron chi connectivity index (χ1n) is 10.6. The molecule has 0 bridgehead atoms. The van der Waals surface area contributed by atoms with Gasteiger partial charge < -0.3 is 15.1 Å². The van der Waals surface area contributed by atoms with E-state index in [-0.39, 0.29) is 17.5 Å². The van der Waals surface area contributed by atoms with E-state index < -0.39 is 0 Å². The molecule has 1 N–H and O–H groups in total. The summed E-state index contributed by atoms with van der Waals surface area (Å²) in [5.41, 5.74) is 3.39. The smallest absolute Gasteiger partial charge is 0.230 e. The molecular formula is C24H26FN5OS. The zero-order valence-corrected chi connectivity index (χ0v) is 18.8. The molecule has 1 aliphatic heterocycles. The van der Waals surface area contributed by atoms with Gasteiger partial charge in [-0.05, 0) is 54.4 Å². The molecule has 0 radical (unpaired) electrons. The van der Waals surface area contributed by atoms with Crippen molar-refractivity contribution in [2.24, 2.45) is 0 Å². The van der Waals surface area contributed by atoms with Crippen molar-refractivity contribution in [2.45, 2.75) is 18.5 Å². The van der Waals surface area contributed by atoms with Crippen LogP contribution in [0.5, 0.6) is 0 Å². The van der Waals surface area contributed by atoms with E-state index >= 15 is 0 Å². The van der Waals surface area contributed by atoms with E-state index in [9.17, 15) is 9.18 Å². The highest BCUT2D eigenvalue weighted by Gasteiger charge is 2.19. The number of halogens is 1. The standard InChI is InChI=1S/C24H26FN5OS/c1-18-3-2-4-21(15-18)29-11-13-30(14-12-29)22-9-10-24(28-27-22)32-17-23(31)26-16-19-5-7-20(25)8-6-19/h2-10,15H,11-14,16-17H2,1H3,(H,26,31). The van der Waals surface area contributed by atoms with Crippen molar-refractivity contribution in [3.05, 3.63) is 77.6 Å². The number of aryl methyl sites for hydroxylation is 1. The minimum Gasteiger partial charge on any atom is -0.368 e. The van der Waals surface area contributed by atoms with Crippen LogP contribution in [0.1, 0.15) is 11.1 Å². The van der Waals surface area contributed by atoms with Gasteiger partial charge in [0, 0.05) is 38.4 Å². The van der Waals surface area contributed by atoms with Crippen LogP contribution in [0.4, 0.5) is 15.9 Å². The molecule has 166 valence electrons. The molecule has 0 saturated carbocycles. The molecule has 1 aliphatic rings. The van der Waals surface area contributed by atoms with Crippen molar-refractivity contribution in [2.75, 3.05) is 41.7 Å². The van der Waals surface area contributed by atoms with Crippen LogP contribution in [0, 0.1) is 12.7 Å². The first kappa shape index (κ1) is 22.1. The molecule has 0 spiro atoms. The number of anilines is 2. The van der Waals surface area contributed by atoms with Gasteiger partial charge in [-0.15, -0.1) is 10.2 Å². The van der Waals surface area contributed by atoms with Gasteiger partial charge in [-0.1, -0.05) is 36.0 Å². The van der Waals surface area contributed by atoms with E-state index in [2.05, 4.69) is 56.5 Å². The van der Waals surface area contributed by atoms with Crippen LogP contribution < -0.4 is 15.1 Å². The lowest BCUT2D eigenvalue weighted by Crippen LogP contribution is -2.46. The van der Waals surface area contributed by atoms with Gasteiger partial charge in [0.1, 0.15) is 10.8 Å². The number of benzene rings is 2. The lowest BCUT2D eigenvalue weighted by molar-refractivity contribution is -0.118. The average Bonchev–Trinajstić information content (AvgIpc) is 2.83. The van der Waals surface area contributed by atoms with Crippen molar-refractivity contribution in [3.63, 3.8) is 0 Å². The summed E-state index contributed by atoms with van der Waals surface area (Å²) in [6.45, 7) is 6.15. The molecule has 32 heavy (non-hydrogen) atoms. The molecule has 8 heteroatoms. The highest BCUT2D eigenvalue weighted by Crippen LogP contribution is 2.21. The lowest BCUT2D eigenvalue weighted by atomic mass is 10.2. The van der Waals surface area contributed by atoms with E-state index in [0.29, 0.717) is 11.6 Å². The highest BCUT2D eigenvalue weighted by molar-refractivity contribution is 7.99. The van der Waals surface area contributed by atoms with Gasteiger partial charge in [0.25, 0.3) is 0 Å². The summed E-state index contributed by atoms with van der Waals surface area (Å²) in [7, 11) is 0. The summed E-state index contributed by atoms with van der Waals surface area (Å²) < 4.78 is 12.9. The van der Waals surface area contributed by atoms with Crippen LogP contribution >= 0.6 is 11.8 Å². The van der Waals surface area contributed by atoms with Gasteiger partial charge in [0.05, 0.1) is 5.75 Å². The van der Waals surface area contributed by atoms with Gasteiger partial charge in [0.15, 0.2) is 5.82 Å². The molecule has 6 nitrogen and oxygen atoms in total. The fourth-order valence-electron chi connectivity index (χ4n) is 3.57. The molecule has 2 heterocycles. The van der Waals surface area contributed by atoms with E-state index in [1.165, 1.54) is 35.1 Å². The summed E-state index contributed by atoms with van der Waals surface area (Å²) in [5.74, 6) is 0.729. The Balaban J connectivity index is 1.22. The second-order valence-corrected chi connectivity index (χ2v) is 8.73. The Kier molecular flexibility index (Phi) is 7.21. The summed E-state index contributed by atoms with van der Waals surface area (Å²) in [6, 6.07) is 18.6. The molecule has 4 rings (SSSR count). The molecular weight excluding hydrogens is 425 g/mol. The van der Waals surface area contributed by atoms with Crippen molar-refractivity contribution in [1.29, 1.82) is 0 Å². The first-order chi connectivity index (χ1) is 15.6. The van der Waals surface area contributed by atoms with E-state index in [1.54, 1.807) is 12.1 Å². The molecule has 3 aromatic rings. The first-order valence-corrected chi connectivity index (χ1v) is 11.6. The third kappa shape index (κ3) is 5.97. The lowest BCUT2D eigenvalue weighted by Gasteiger charge is -2.36. The number of rotatable bonds is 7. The van der Waals surface area contributed by atoms with Crippen molar-refractivity contribution >= 4 is 29.2 Å². The van der Waals surface area contributed by atoms with Gasteiger partial charge in [-0.2, -0.15) is 0 Å². The van der Waals surface area contributed by atoms with E-state index in [1.807, 2.05) is 12.1 Å². The Labute approximate surface area is 191 Å². The summed E-state index contributed by atoms with van der Waals surface area (Å²) in [4.78, 5) is 16.7. The summed E-state index contributed by atoms with van der Waals surface area (Å²) >= 11 is 1.35. The molecule has 0 atom stereocenters. The Bertz CT molecular complexity index is 1040. The predicted molar refractivity (Wildman–Crippen MR) is 127 cm³/mol. The minimum atomic E-state index is -0.286. The second-order valence-electron chi connectivity index (χ2n) is 7.73. The van der Waals surface area contributed by atoms with Crippen molar-refractivity contribution in [3.8, 4) is 0 Å². The van der Waals surface area contributed by atoms with Gasteiger partial charge >= 0.3 is 0 Å². The molecule has 2 aromatic carbocycles. The number of thioether (sulfide) groups is 1. The molecule has 0 aliphatic carbocycles. The van der Waals surface area contributed by atoms with Crippen LogP contribution in [0.25, 0.3) is 0 Å². The number of hydrogen-bond donors (Lipinski definition) is 1. The second kappa shape index (κ2) is 10.5. The average molecular weight is 452 g/mol. The fourth-order valence-corrected chi connectivity index (χ4v) is 4.21. The predicted octanol–water partition coefficient (Wildman–Crippen LogP) is 3.66. The van der Waals surface area contributed by atoms with Gasteiger partial charge in [0.2, 0.25) is 5.91 Å². The number of aromatic nitrogens is 2. The number of carbonyl (C=O) groups is 1. The Hall–Kier alpha value is -3.13. The zero-order valence-electron chi connectivity index (χ0n) is 18.0. The topological polar surface area (TPSA) is 61.4 Å². The molecule has 1 saturated heterocycles. The number of carbonyl (C=O) groups excluding carboxylic acids is 1. The number of amides is 1. The van der Waals surface area contributed by atoms with Crippen LogP contribution in [0.3, 0.4) is 0 Å². The van der Waals surface area contributed by atoms with Crippen LogP contribution in [0.15, 0.2) is 65.7 Å². The number of piperazine rings is 1. The van der Waals surface area contributed by atoms with Crippen molar-refractivity contribution in [1.82, 2.24) is 15.5 Å². The summed E-state index contributed by atoms with van der Waals surface area (Å²) in [5, 5.41) is 12.2. The van der Waals surface area contributed by atoms with Crippen LogP contribution in [-0.4, -0.2) is 48.0 Å². The van der Waals surface area contributed by atoms with E-state index in [0.717, 1.165) is 37.6 Å². The molecule has 0 unspecified atom stereocenters. The maximum atomic E-state index is 12.9. The van der Waals surface area contributed by atoms with Crippen LogP contribution in [0.2, 0.25) is 0 Å². The fraction of sp³-hybridized carbons (Fsp3) is 0.292. The Morgan fingerprint density at radius 1 is 1.00 bits per heavy atom. The van der Waals surface area contributed by atoms with Gasteiger partial charge in [-0.25, -0.2) is 4.39 Å². The number of nitrogens with one attached hydrogen (secondary N) is 1. The Morgan fingerprint density at radius 3 is 2.44 bits per heavy atom. The zero-order chi connectivity index (χ0) is 22.3. The maximum Gasteiger partial charge on any atom is 0.230 e. The monoisotopic (exact) mass is 451 g/mol. The third-order valence-electron chi connectivity index (χ3n) is 5.35. The quantitative estimate of drug-likeness (QED) is 0.554. The number of hydrogen-bond acceptors (Lipinski definition) is 6. The van der Waals surface area contributed by atoms with Gasteiger partial charge in [-0.3, -0.25) is 4.79 Å². The SMILES string of the molecule is Cc1cccc(N2CCN(c3ccc(SCC(=O)NCc4ccc(F)cc4)nn3)CC2)c1. The normalized spacial score (nSPS) is 13.8. The largest absolute Gasteiger partial charge is 0.368 e.